The molecule has 24 heavy (non-hydrogen) atoms. The van der Waals surface area contributed by atoms with E-state index in [1.165, 1.54) is 0 Å². The third-order valence-corrected chi connectivity index (χ3v) is 3.68. The van der Waals surface area contributed by atoms with Crippen molar-refractivity contribution in [1.29, 1.82) is 0 Å². The average molecular weight is 345 g/mol. The lowest BCUT2D eigenvalue weighted by Crippen LogP contribution is -2.44. The molecule has 0 aliphatic rings. The molecule has 0 aromatic carbocycles. The molecular formula is C17H35N3O4. The predicted octanol–water partition coefficient (Wildman–Crippen LogP) is 1.39. The lowest BCUT2D eigenvalue weighted by molar-refractivity contribution is -0.122. The zero-order valence-corrected chi connectivity index (χ0v) is 15.9. The van der Waals surface area contributed by atoms with E-state index >= 15 is 0 Å². The summed E-state index contributed by atoms with van der Waals surface area (Å²) in [7, 11) is 0. The molecule has 0 rings (SSSR count). The van der Waals surface area contributed by atoms with Crippen molar-refractivity contribution < 1.29 is 19.4 Å². The third kappa shape index (κ3) is 11.2. The van der Waals surface area contributed by atoms with Gasteiger partial charge in [-0.25, -0.2) is 4.79 Å². The van der Waals surface area contributed by atoms with Crippen LogP contribution in [0.2, 0.25) is 0 Å². The Morgan fingerprint density at radius 2 is 1.75 bits per heavy atom. The Hall–Kier alpha value is -1.34. The quantitative estimate of drug-likeness (QED) is 0.504. The van der Waals surface area contributed by atoms with E-state index in [9.17, 15) is 9.59 Å². The molecule has 142 valence electrons. The number of carbonyl (C=O) groups is 2. The van der Waals surface area contributed by atoms with E-state index < -0.39 is 17.2 Å². The second kappa shape index (κ2) is 9.84. The average Bonchev–Trinajstić information content (AvgIpc) is 2.41. The van der Waals surface area contributed by atoms with Crippen LogP contribution in [0.15, 0.2) is 0 Å². The molecule has 0 aliphatic carbocycles. The number of aliphatic hydroxyl groups excluding tert-OH is 1. The molecule has 0 heterocycles. The van der Waals surface area contributed by atoms with Crippen molar-refractivity contribution >= 4 is 12.0 Å². The number of rotatable bonds is 9. The minimum Gasteiger partial charge on any atom is -0.444 e. The molecule has 0 aliphatic heterocycles. The summed E-state index contributed by atoms with van der Waals surface area (Å²) >= 11 is 0. The summed E-state index contributed by atoms with van der Waals surface area (Å²) in [6, 6.07) is 0. The van der Waals surface area contributed by atoms with Crippen molar-refractivity contribution in [1.82, 2.24) is 10.6 Å². The first-order chi connectivity index (χ1) is 10.9. The van der Waals surface area contributed by atoms with Crippen molar-refractivity contribution in [2.75, 3.05) is 19.7 Å². The van der Waals surface area contributed by atoms with Crippen LogP contribution in [0.25, 0.3) is 0 Å². The summed E-state index contributed by atoms with van der Waals surface area (Å²) in [6.45, 7) is 11.8. The van der Waals surface area contributed by atoms with E-state index in [1.54, 1.807) is 27.7 Å². The van der Waals surface area contributed by atoms with Crippen molar-refractivity contribution in [3.05, 3.63) is 0 Å². The van der Waals surface area contributed by atoms with Gasteiger partial charge in [0.15, 0.2) is 0 Å². The molecule has 0 aromatic heterocycles. The highest BCUT2D eigenvalue weighted by atomic mass is 16.6. The molecule has 0 saturated carbocycles. The van der Waals surface area contributed by atoms with Crippen LogP contribution in [0.1, 0.15) is 54.4 Å². The van der Waals surface area contributed by atoms with Gasteiger partial charge in [-0.15, -0.1) is 0 Å². The molecule has 0 radical (unpaired) electrons. The van der Waals surface area contributed by atoms with Crippen molar-refractivity contribution in [3.63, 3.8) is 0 Å². The van der Waals surface area contributed by atoms with Gasteiger partial charge in [0.1, 0.15) is 5.60 Å². The van der Waals surface area contributed by atoms with E-state index in [-0.39, 0.29) is 24.3 Å². The van der Waals surface area contributed by atoms with E-state index in [1.807, 2.05) is 13.8 Å². The lowest BCUT2D eigenvalue weighted by atomic mass is 9.92. The molecule has 7 nitrogen and oxygen atoms in total. The highest BCUT2D eigenvalue weighted by Gasteiger charge is 2.22. The highest BCUT2D eigenvalue weighted by molar-refractivity contribution is 5.76. The second-order valence-corrected chi connectivity index (χ2v) is 8.00. The van der Waals surface area contributed by atoms with Gasteiger partial charge in [0.05, 0.1) is 6.61 Å². The van der Waals surface area contributed by atoms with Gasteiger partial charge in [-0.1, -0.05) is 13.8 Å². The SMILES string of the molecule is CC(C)C(CNC(=O)OC(C)(C)C)CC(=O)NCCC(C)(N)CO. The normalized spacial score (nSPS) is 15.5. The number of ether oxygens (including phenoxy) is 1. The maximum atomic E-state index is 12.0. The van der Waals surface area contributed by atoms with Crippen molar-refractivity contribution in [3.8, 4) is 0 Å². The third-order valence-electron chi connectivity index (χ3n) is 3.68. The smallest absolute Gasteiger partial charge is 0.407 e. The maximum Gasteiger partial charge on any atom is 0.407 e. The molecule has 2 amide bonds. The summed E-state index contributed by atoms with van der Waals surface area (Å²) in [6.07, 6.45) is 0.335. The number of amides is 2. The fourth-order valence-electron chi connectivity index (χ4n) is 1.95. The summed E-state index contributed by atoms with van der Waals surface area (Å²) < 4.78 is 5.20. The zero-order valence-electron chi connectivity index (χ0n) is 15.9. The number of nitrogens with one attached hydrogen (secondary N) is 2. The largest absolute Gasteiger partial charge is 0.444 e. The number of aliphatic hydroxyl groups is 1. The Morgan fingerprint density at radius 3 is 2.21 bits per heavy atom. The first-order valence-electron chi connectivity index (χ1n) is 8.49. The zero-order chi connectivity index (χ0) is 19.0. The molecule has 0 fully saturated rings. The molecule has 7 heteroatoms. The topological polar surface area (TPSA) is 114 Å². The molecule has 0 bridgehead atoms. The highest BCUT2D eigenvalue weighted by Crippen LogP contribution is 2.15. The van der Waals surface area contributed by atoms with Gasteiger partial charge >= 0.3 is 6.09 Å². The Labute approximate surface area is 145 Å². The maximum absolute atomic E-state index is 12.0. The van der Waals surface area contributed by atoms with Crippen LogP contribution in [-0.2, 0) is 9.53 Å². The first kappa shape index (κ1) is 22.7. The van der Waals surface area contributed by atoms with E-state index in [0.717, 1.165) is 0 Å². The summed E-state index contributed by atoms with van der Waals surface area (Å²) in [5, 5.41) is 14.6. The van der Waals surface area contributed by atoms with E-state index in [4.69, 9.17) is 15.6 Å². The fourth-order valence-corrected chi connectivity index (χ4v) is 1.95. The number of hydrogen-bond donors (Lipinski definition) is 4. The van der Waals surface area contributed by atoms with Crippen LogP contribution in [0.3, 0.4) is 0 Å². The van der Waals surface area contributed by atoms with Crippen LogP contribution in [0, 0.1) is 11.8 Å². The van der Waals surface area contributed by atoms with Crippen LogP contribution >= 0.6 is 0 Å². The van der Waals surface area contributed by atoms with Gasteiger partial charge < -0.3 is 26.2 Å². The van der Waals surface area contributed by atoms with Crippen LogP contribution < -0.4 is 16.4 Å². The standard InChI is InChI=1S/C17H35N3O4/c1-12(2)13(10-20-15(23)24-16(3,4)5)9-14(22)19-8-7-17(6,18)11-21/h12-13,21H,7-11,18H2,1-6H3,(H,19,22)(H,20,23). The first-order valence-corrected chi connectivity index (χ1v) is 8.49. The van der Waals surface area contributed by atoms with Crippen molar-refractivity contribution in [2.45, 2.75) is 65.5 Å². The Balaban J connectivity index is 4.29. The van der Waals surface area contributed by atoms with Crippen LogP contribution in [0.5, 0.6) is 0 Å². The van der Waals surface area contributed by atoms with Gasteiger partial charge in [-0.05, 0) is 46.0 Å². The molecule has 0 aromatic rings. The fraction of sp³-hybridized carbons (Fsp3) is 0.882. The Bertz CT molecular complexity index is 403. The molecule has 2 atom stereocenters. The number of carbonyl (C=O) groups excluding carboxylic acids is 2. The van der Waals surface area contributed by atoms with Crippen molar-refractivity contribution in [2.24, 2.45) is 17.6 Å². The Morgan fingerprint density at radius 1 is 1.17 bits per heavy atom. The minimum atomic E-state index is -0.691. The summed E-state index contributed by atoms with van der Waals surface area (Å²) in [4.78, 5) is 23.8. The lowest BCUT2D eigenvalue weighted by Gasteiger charge is -2.24. The molecule has 5 N–H and O–H groups in total. The monoisotopic (exact) mass is 345 g/mol. The van der Waals surface area contributed by atoms with Gasteiger partial charge in [-0.2, -0.15) is 0 Å². The van der Waals surface area contributed by atoms with E-state index in [0.29, 0.717) is 25.9 Å². The van der Waals surface area contributed by atoms with E-state index in [2.05, 4.69) is 10.6 Å². The van der Waals surface area contributed by atoms with Crippen LogP contribution in [0.4, 0.5) is 4.79 Å². The predicted molar refractivity (Wildman–Crippen MR) is 94.5 cm³/mol. The van der Waals surface area contributed by atoms with Crippen LogP contribution in [-0.4, -0.2) is 47.9 Å². The molecule has 0 saturated heterocycles. The molecule has 2 unspecified atom stereocenters. The summed E-state index contributed by atoms with van der Waals surface area (Å²) in [5.74, 6) is 0.163. The van der Waals surface area contributed by atoms with Gasteiger partial charge in [-0.3, -0.25) is 4.79 Å². The minimum absolute atomic E-state index is 0.0135. The number of alkyl carbamates (subject to hydrolysis) is 1. The molecular weight excluding hydrogens is 310 g/mol. The van der Waals surface area contributed by atoms with Gasteiger partial charge in [0, 0.05) is 25.0 Å². The number of nitrogens with two attached hydrogens (primary N) is 1. The van der Waals surface area contributed by atoms with Gasteiger partial charge in [0.25, 0.3) is 0 Å². The Kier molecular flexibility index (Phi) is 9.29. The summed E-state index contributed by atoms with van der Waals surface area (Å²) in [5.41, 5.74) is 4.58. The van der Waals surface area contributed by atoms with Gasteiger partial charge in [0.2, 0.25) is 5.91 Å². The second-order valence-electron chi connectivity index (χ2n) is 8.00. The molecule has 0 spiro atoms. The number of hydrogen-bond acceptors (Lipinski definition) is 5.